The fraction of sp³-hybridized carbons (Fsp3) is 0.636. The molecule has 0 saturated heterocycles. The molecule has 1 aromatic heterocycles. The Balaban J connectivity index is 2.74. The number of anilines is 1. The lowest BCUT2D eigenvalue weighted by molar-refractivity contribution is 0.395. The molecule has 0 spiro atoms. The molecule has 5 nitrogen and oxygen atoms in total. The van der Waals surface area contributed by atoms with Crippen molar-refractivity contribution in [3.63, 3.8) is 0 Å². The molecule has 0 aliphatic carbocycles. The van der Waals surface area contributed by atoms with Crippen LogP contribution in [0.15, 0.2) is 6.07 Å². The summed E-state index contributed by atoms with van der Waals surface area (Å²) in [5.74, 6) is 2.17. The lowest BCUT2D eigenvalue weighted by atomic mass is 10.2. The van der Waals surface area contributed by atoms with Crippen LogP contribution in [0.5, 0.6) is 5.88 Å². The van der Waals surface area contributed by atoms with E-state index in [0.29, 0.717) is 11.7 Å². The van der Waals surface area contributed by atoms with E-state index in [0.717, 1.165) is 18.8 Å². The summed E-state index contributed by atoms with van der Waals surface area (Å²) in [6, 6.07) is 2.03. The van der Waals surface area contributed by atoms with Crippen molar-refractivity contribution in [2.75, 3.05) is 25.6 Å². The van der Waals surface area contributed by atoms with E-state index in [2.05, 4.69) is 14.9 Å². The lowest BCUT2D eigenvalue weighted by Gasteiger charge is -2.19. The topological polar surface area (TPSA) is 64.3 Å². The van der Waals surface area contributed by atoms with Gasteiger partial charge in [-0.2, -0.15) is 4.98 Å². The molecule has 2 N–H and O–H groups in total. The van der Waals surface area contributed by atoms with Crippen molar-refractivity contribution in [2.24, 2.45) is 5.73 Å². The van der Waals surface area contributed by atoms with E-state index in [9.17, 15) is 0 Å². The minimum Gasteiger partial charge on any atom is -0.481 e. The summed E-state index contributed by atoms with van der Waals surface area (Å²) in [6.45, 7) is 4.72. The van der Waals surface area contributed by atoms with Gasteiger partial charge in [0.2, 0.25) is 5.88 Å². The summed E-state index contributed by atoms with van der Waals surface area (Å²) in [4.78, 5) is 10.6. The SMILES string of the molecule is COc1cc(N(C)CCC(C)N)nc(C)n1. The second kappa shape index (κ2) is 5.65. The van der Waals surface area contributed by atoms with Crippen LogP contribution < -0.4 is 15.4 Å². The maximum atomic E-state index is 5.72. The lowest BCUT2D eigenvalue weighted by Crippen LogP contribution is -2.26. The molecule has 1 atom stereocenters. The monoisotopic (exact) mass is 224 g/mol. The van der Waals surface area contributed by atoms with Crippen LogP contribution in [0.2, 0.25) is 0 Å². The number of hydrogen-bond donors (Lipinski definition) is 1. The van der Waals surface area contributed by atoms with Gasteiger partial charge in [-0.25, -0.2) is 4.98 Å². The second-order valence-electron chi connectivity index (χ2n) is 4.00. The summed E-state index contributed by atoms with van der Waals surface area (Å²) < 4.78 is 5.11. The Bertz CT molecular complexity index is 341. The molecule has 0 amide bonds. The number of nitrogens with two attached hydrogens (primary N) is 1. The molecule has 0 aromatic carbocycles. The minimum atomic E-state index is 0.201. The highest BCUT2D eigenvalue weighted by Gasteiger charge is 2.07. The zero-order valence-corrected chi connectivity index (χ0v) is 10.4. The van der Waals surface area contributed by atoms with E-state index in [1.807, 2.05) is 27.0 Å². The predicted molar refractivity (Wildman–Crippen MR) is 64.9 cm³/mol. The van der Waals surface area contributed by atoms with Crippen LogP contribution in [0.3, 0.4) is 0 Å². The first-order valence-corrected chi connectivity index (χ1v) is 5.39. The molecule has 0 saturated carbocycles. The maximum absolute atomic E-state index is 5.72. The first kappa shape index (κ1) is 12.7. The van der Waals surface area contributed by atoms with E-state index >= 15 is 0 Å². The molecule has 5 heteroatoms. The summed E-state index contributed by atoms with van der Waals surface area (Å²) in [7, 11) is 3.59. The Hall–Kier alpha value is -1.36. The standard InChI is InChI=1S/C11H20N4O/c1-8(12)5-6-15(3)10-7-11(16-4)14-9(2)13-10/h7-8H,5-6,12H2,1-4H3. The van der Waals surface area contributed by atoms with Gasteiger partial charge in [0.05, 0.1) is 7.11 Å². The van der Waals surface area contributed by atoms with Crippen molar-refractivity contribution < 1.29 is 4.74 Å². The van der Waals surface area contributed by atoms with Crippen molar-refractivity contribution in [2.45, 2.75) is 26.3 Å². The Kier molecular flexibility index (Phi) is 4.49. The first-order valence-electron chi connectivity index (χ1n) is 5.39. The molecular formula is C11H20N4O. The largest absolute Gasteiger partial charge is 0.481 e. The van der Waals surface area contributed by atoms with Gasteiger partial charge in [-0.15, -0.1) is 0 Å². The van der Waals surface area contributed by atoms with Crippen LogP contribution >= 0.6 is 0 Å². The highest BCUT2D eigenvalue weighted by Crippen LogP contribution is 2.16. The number of methoxy groups -OCH3 is 1. The van der Waals surface area contributed by atoms with Crippen LogP contribution in [0.4, 0.5) is 5.82 Å². The summed E-state index contributed by atoms with van der Waals surface area (Å²) in [5.41, 5.74) is 5.72. The molecule has 0 radical (unpaired) electrons. The second-order valence-corrected chi connectivity index (χ2v) is 4.00. The van der Waals surface area contributed by atoms with Gasteiger partial charge in [-0.05, 0) is 20.3 Å². The van der Waals surface area contributed by atoms with Crippen molar-refractivity contribution in [3.05, 3.63) is 11.9 Å². The molecule has 0 aliphatic rings. The fourth-order valence-electron chi connectivity index (χ4n) is 1.34. The Morgan fingerprint density at radius 2 is 2.19 bits per heavy atom. The van der Waals surface area contributed by atoms with E-state index in [1.165, 1.54) is 0 Å². The third kappa shape index (κ3) is 3.66. The number of ether oxygens (including phenoxy) is 1. The molecule has 1 unspecified atom stereocenters. The third-order valence-corrected chi connectivity index (χ3v) is 2.32. The van der Waals surface area contributed by atoms with Crippen LogP contribution in [-0.2, 0) is 0 Å². The number of aryl methyl sites for hydroxylation is 1. The first-order chi connectivity index (χ1) is 7.52. The zero-order valence-electron chi connectivity index (χ0n) is 10.4. The van der Waals surface area contributed by atoms with Crippen molar-refractivity contribution in [1.82, 2.24) is 9.97 Å². The van der Waals surface area contributed by atoms with Crippen LogP contribution in [-0.4, -0.2) is 36.7 Å². The van der Waals surface area contributed by atoms with Gasteiger partial charge in [0.15, 0.2) is 0 Å². The zero-order chi connectivity index (χ0) is 12.1. The van der Waals surface area contributed by atoms with Gasteiger partial charge in [0.25, 0.3) is 0 Å². The minimum absolute atomic E-state index is 0.201. The molecule has 0 aliphatic heterocycles. The highest BCUT2D eigenvalue weighted by molar-refractivity contribution is 5.40. The van der Waals surface area contributed by atoms with Crippen molar-refractivity contribution in [3.8, 4) is 5.88 Å². The van der Waals surface area contributed by atoms with Gasteiger partial charge in [0, 0.05) is 25.7 Å². The molecule has 1 heterocycles. The molecule has 16 heavy (non-hydrogen) atoms. The Morgan fingerprint density at radius 1 is 1.50 bits per heavy atom. The smallest absolute Gasteiger partial charge is 0.218 e. The average molecular weight is 224 g/mol. The summed E-state index contributed by atoms with van der Waals surface area (Å²) in [5, 5.41) is 0. The molecule has 1 rings (SSSR count). The van der Waals surface area contributed by atoms with Crippen LogP contribution in [0, 0.1) is 6.92 Å². The van der Waals surface area contributed by atoms with Gasteiger partial charge in [-0.1, -0.05) is 0 Å². The van der Waals surface area contributed by atoms with E-state index in [4.69, 9.17) is 10.5 Å². The van der Waals surface area contributed by atoms with Gasteiger partial charge in [0.1, 0.15) is 11.6 Å². The van der Waals surface area contributed by atoms with Gasteiger partial charge < -0.3 is 15.4 Å². The normalized spacial score (nSPS) is 12.3. The molecule has 1 aromatic rings. The average Bonchev–Trinajstić information content (AvgIpc) is 2.24. The van der Waals surface area contributed by atoms with Crippen LogP contribution in [0.25, 0.3) is 0 Å². The Morgan fingerprint density at radius 3 is 2.75 bits per heavy atom. The molecular weight excluding hydrogens is 204 g/mol. The van der Waals surface area contributed by atoms with E-state index in [1.54, 1.807) is 7.11 Å². The summed E-state index contributed by atoms with van der Waals surface area (Å²) >= 11 is 0. The highest BCUT2D eigenvalue weighted by atomic mass is 16.5. The summed E-state index contributed by atoms with van der Waals surface area (Å²) in [6.07, 6.45) is 0.932. The molecule has 90 valence electrons. The third-order valence-electron chi connectivity index (χ3n) is 2.32. The number of hydrogen-bond acceptors (Lipinski definition) is 5. The quantitative estimate of drug-likeness (QED) is 0.807. The Labute approximate surface area is 96.6 Å². The van der Waals surface area contributed by atoms with Crippen LogP contribution in [0.1, 0.15) is 19.2 Å². The van der Waals surface area contributed by atoms with E-state index in [-0.39, 0.29) is 6.04 Å². The van der Waals surface area contributed by atoms with Gasteiger partial charge >= 0.3 is 0 Å². The molecule has 0 bridgehead atoms. The van der Waals surface area contributed by atoms with Gasteiger partial charge in [-0.3, -0.25) is 0 Å². The number of rotatable bonds is 5. The fourth-order valence-corrected chi connectivity index (χ4v) is 1.34. The molecule has 0 fully saturated rings. The van der Waals surface area contributed by atoms with Crippen molar-refractivity contribution >= 4 is 5.82 Å². The maximum Gasteiger partial charge on any atom is 0.218 e. The number of nitrogens with zero attached hydrogens (tertiary/aromatic N) is 3. The van der Waals surface area contributed by atoms with E-state index < -0.39 is 0 Å². The predicted octanol–water partition coefficient (Wildman–Crippen LogP) is 0.967. The number of aromatic nitrogens is 2. The van der Waals surface area contributed by atoms with Crippen molar-refractivity contribution in [1.29, 1.82) is 0 Å².